The molecule has 0 aliphatic carbocycles. The summed E-state index contributed by atoms with van der Waals surface area (Å²) >= 11 is 1.49. The van der Waals surface area contributed by atoms with Crippen molar-refractivity contribution in [3.05, 3.63) is 44.9 Å². The molecule has 23 heavy (non-hydrogen) atoms. The van der Waals surface area contributed by atoms with Gasteiger partial charge in [-0.3, -0.25) is 4.79 Å². The molecule has 0 unspecified atom stereocenters. The largest absolute Gasteiger partial charge is 0.496 e. The molecule has 1 aromatic carbocycles. The van der Waals surface area contributed by atoms with Crippen molar-refractivity contribution in [1.29, 1.82) is 0 Å². The van der Waals surface area contributed by atoms with E-state index in [4.69, 9.17) is 4.74 Å². The van der Waals surface area contributed by atoms with Crippen LogP contribution in [0, 0.1) is 19.8 Å². The minimum atomic E-state index is -0.0606. The van der Waals surface area contributed by atoms with Crippen molar-refractivity contribution in [1.82, 2.24) is 10.3 Å². The molecule has 1 heterocycles. The quantitative estimate of drug-likeness (QED) is 0.873. The highest BCUT2D eigenvalue weighted by Crippen LogP contribution is 2.22. The average molecular weight is 332 g/mol. The molecule has 1 amide bonds. The summed E-state index contributed by atoms with van der Waals surface area (Å²) in [5.74, 6) is 1.32. The minimum absolute atomic E-state index is 0.0606. The van der Waals surface area contributed by atoms with E-state index in [0.29, 0.717) is 17.3 Å². The second-order valence-electron chi connectivity index (χ2n) is 6.11. The molecule has 5 heteroatoms. The van der Waals surface area contributed by atoms with Gasteiger partial charge in [-0.25, -0.2) is 4.98 Å². The summed E-state index contributed by atoms with van der Waals surface area (Å²) in [6.07, 6.45) is 0.911. The molecule has 0 atom stereocenters. The topological polar surface area (TPSA) is 51.2 Å². The van der Waals surface area contributed by atoms with E-state index < -0.39 is 0 Å². The lowest BCUT2D eigenvalue weighted by Crippen LogP contribution is -2.22. The number of ether oxygens (including phenoxy) is 1. The predicted molar refractivity (Wildman–Crippen MR) is 94.3 cm³/mol. The van der Waals surface area contributed by atoms with Gasteiger partial charge in [-0.1, -0.05) is 26.0 Å². The van der Waals surface area contributed by atoms with E-state index in [1.165, 1.54) is 11.3 Å². The molecule has 0 aliphatic heterocycles. The normalized spacial score (nSPS) is 10.9. The van der Waals surface area contributed by atoms with Gasteiger partial charge in [0.15, 0.2) is 0 Å². The molecule has 4 nitrogen and oxygen atoms in total. The first kappa shape index (κ1) is 17.5. The van der Waals surface area contributed by atoms with Crippen molar-refractivity contribution < 1.29 is 9.53 Å². The first-order valence-corrected chi connectivity index (χ1v) is 8.60. The van der Waals surface area contributed by atoms with Crippen molar-refractivity contribution in [3.63, 3.8) is 0 Å². The Kier molecular flexibility index (Phi) is 5.77. The van der Waals surface area contributed by atoms with Gasteiger partial charge in [0.05, 0.1) is 17.8 Å². The molecule has 0 spiro atoms. The van der Waals surface area contributed by atoms with Gasteiger partial charge in [0.2, 0.25) is 0 Å². The number of hydrogen-bond acceptors (Lipinski definition) is 4. The van der Waals surface area contributed by atoms with Crippen LogP contribution in [0.15, 0.2) is 18.2 Å². The fourth-order valence-corrected chi connectivity index (χ4v) is 3.53. The van der Waals surface area contributed by atoms with Gasteiger partial charge in [0.1, 0.15) is 10.6 Å². The van der Waals surface area contributed by atoms with Gasteiger partial charge in [0, 0.05) is 13.0 Å². The van der Waals surface area contributed by atoms with Crippen LogP contribution in [-0.4, -0.2) is 18.0 Å². The molecule has 1 aromatic heterocycles. The molecule has 0 saturated carbocycles. The lowest BCUT2D eigenvalue weighted by Gasteiger charge is -2.08. The number of amides is 1. The number of aryl methyl sites for hydroxylation is 2. The maximum atomic E-state index is 12.4. The maximum Gasteiger partial charge on any atom is 0.263 e. The summed E-state index contributed by atoms with van der Waals surface area (Å²) in [6, 6.07) is 5.96. The molecular weight excluding hydrogens is 308 g/mol. The first-order chi connectivity index (χ1) is 10.9. The number of aromatic nitrogens is 1. The molecule has 0 aliphatic rings. The Morgan fingerprint density at radius 3 is 2.74 bits per heavy atom. The summed E-state index contributed by atoms with van der Waals surface area (Å²) in [4.78, 5) is 17.6. The fraction of sp³-hybridized carbons (Fsp3) is 0.444. The minimum Gasteiger partial charge on any atom is -0.496 e. The van der Waals surface area contributed by atoms with Crippen LogP contribution in [0.2, 0.25) is 0 Å². The highest BCUT2D eigenvalue weighted by molar-refractivity contribution is 7.13. The van der Waals surface area contributed by atoms with Crippen LogP contribution in [0.4, 0.5) is 0 Å². The van der Waals surface area contributed by atoms with Crippen molar-refractivity contribution in [2.24, 2.45) is 5.92 Å². The van der Waals surface area contributed by atoms with E-state index in [-0.39, 0.29) is 5.91 Å². The molecule has 2 rings (SSSR count). The number of nitrogens with one attached hydrogen (secondary N) is 1. The standard InChI is InChI=1S/C18H24N2O2S/c1-11(2)8-16-20-13(4)17(23-16)18(21)19-10-14-7-6-12(3)15(9-14)22-5/h6-7,9,11H,8,10H2,1-5H3,(H,19,21). The fourth-order valence-electron chi connectivity index (χ4n) is 2.34. The Hall–Kier alpha value is -1.88. The lowest BCUT2D eigenvalue weighted by molar-refractivity contribution is 0.0954. The maximum absolute atomic E-state index is 12.4. The Bertz CT molecular complexity index is 692. The summed E-state index contributed by atoms with van der Waals surface area (Å²) in [5, 5.41) is 4.00. The SMILES string of the molecule is COc1cc(CNC(=O)c2sc(CC(C)C)nc2C)ccc1C. The van der Waals surface area contributed by atoms with Crippen LogP contribution in [-0.2, 0) is 13.0 Å². The number of methoxy groups -OCH3 is 1. The number of carbonyl (C=O) groups is 1. The second-order valence-corrected chi connectivity index (χ2v) is 7.19. The van der Waals surface area contributed by atoms with Gasteiger partial charge < -0.3 is 10.1 Å². The zero-order valence-electron chi connectivity index (χ0n) is 14.4. The van der Waals surface area contributed by atoms with E-state index in [1.54, 1.807) is 7.11 Å². The van der Waals surface area contributed by atoms with Gasteiger partial charge in [-0.15, -0.1) is 11.3 Å². The molecule has 0 radical (unpaired) electrons. The number of thiazole rings is 1. The van der Waals surface area contributed by atoms with Crippen molar-refractivity contribution in [2.45, 2.75) is 40.7 Å². The van der Waals surface area contributed by atoms with Crippen LogP contribution in [0.25, 0.3) is 0 Å². The Labute approximate surface area is 141 Å². The molecule has 1 N–H and O–H groups in total. The van der Waals surface area contributed by atoms with Crippen LogP contribution in [0.3, 0.4) is 0 Å². The van der Waals surface area contributed by atoms with E-state index in [1.807, 2.05) is 32.0 Å². The van der Waals surface area contributed by atoms with Crippen LogP contribution < -0.4 is 10.1 Å². The molecule has 0 bridgehead atoms. The Morgan fingerprint density at radius 2 is 2.09 bits per heavy atom. The van der Waals surface area contributed by atoms with Gasteiger partial charge >= 0.3 is 0 Å². The van der Waals surface area contributed by atoms with Crippen LogP contribution in [0.1, 0.15) is 45.3 Å². The monoisotopic (exact) mass is 332 g/mol. The smallest absolute Gasteiger partial charge is 0.263 e. The lowest BCUT2D eigenvalue weighted by atomic mass is 10.1. The van der Waals surface area contributed by atoms with Crippen LogP contribution in [0.5, 0.6) is 5.75 Å². The zero-order valence-corrected chi connectivity index (χ0v) is 15.2. The molecule has 0 fully saturated rings. The van der Waals surface area contributed by atoms with Crippen molar-refractivity contribution in [3.8, 4) is 5.75 Å². The summed E-state index contributed by atoms with van der Waals surface area (Å²) < 4.78 is 5.32. The highest BCUT2D eigenvalue weighted by atomic mass is 32.1. The van der Waals surface area contributed by atoms with Crippen LogP contribution >= 0.6 is 11.3 Å². The molecule has 0 saturated heterocycles. The Morgan fingerprint density at radius 1 is 1.35 bits per heavy atom. The van der Waals surface area contributed by atoms with Gasteiger partial charge in [0.25, 0.3) is 5.91 Å². The third-order valence-corrected chi connectivity index (χ3v) is 4.73. The second kappa shape index (κ2) is 7.59. The van der Waals surface area contributed by atoms with E-state index >= 15 is 0 Å². The number of rotatable bonds is 6. The predicted octanol–water partition coefficient (Wildman–Crippen LogP) is 3.90. The van der Waals surface area contributed by atoms with E-state index in [0.717, 1.165) is 34.0 Å². The summed E-state index contributed by atoms with van der Waals surface area (Å²) in [6.45, 7) is 8.68. The van der Waals surface area contributed by atoms with Crippen molar-refractivity contribution in [2.75, 3.05) is 7.11 Å². The number of carbonyl (C=O) groups excluding carboxylic acids is 1. The highest BCUT2D eigenvalue weighted by Gasteiger charge is 2.15. The summed E-state index contributed by atoms with van der Waals surface area (Å²) in [5.41, 5.74) is 2.91. The number of hydrogen-bond donors (Lipinski definition) is 1. The van der Waals surface area contributed by atoms with E-state index in [2.05, 4.69) is 24.1 Å². The summed E-state index contributed by atoms with van der Waals surface area (Å²) in [7, 11) is 1.65. The van der Waals surface area contributed by atoms with Crippen molar-refractivity contribution >= 4 is 17.2 Å². The number of nitrogens with zero attached hydrogens (tertiary/aromatic N) is 1. The average Bonchev–Trinajstić information content (AvgIpc) is 2.85. The first-order valence-electron chi connectivity index (χ1n) is 7.78. The molecule has 124 valence electrons. The molecule has 2 aromatic rings. The van der Waals surface area contributed by atoms with Gasteiger partial charge in [-0.05, 0) is 37.0 Å². The number of benzene rings is 1. The third-order valence-electron chi connectivity index (χ3n) is 3.56. The van der Waals surface area contributed by atoms with E-state index in [9.17, 15) is 4.79 Å². The van der Waals surface area contributed by atoms with Gasteiger partial charge in [-0.2, -0.15) is 0 Å². The third kappa shape index (κ3) is 4.55. The molecular formula is C18H24N2O2S. The zero-order chi connectivity index (χ0) is 17.0. The Balaban J connectivity index is 2.03.